The molecule has 1 saturated carbocycles. The average Bonchev–Trinajstić information content (AvgIpc) is 2.99. The minimum absolute atomic E-state index is 0.0388. The molecule has 0 aliphatic heterocycles. The molecule has 15 heavy (non-hydrogen) atoms. The van der Waals surface area contributed by atoms with E-state index >= 15 is 0 Å². The summed E-state index contributed by atoms with van der Waals surface area (Å²) in [7, 11) is 0. The fourth-order valence-electron chi connectivity index (χ4n) is 2.01. The van der Waals surface area contributed by atoms with Gasteiger partial charge in [0.05, 0.1) is 0 Å². The van der Waals surface area contributed by atoms with E-state index in [0.717, 1.165) is 12.8 Å². The van der Waals surface area contributed by atoms with Gasteiger partial charge in [-0.05, 0) is 36.8 Å². The second-order valence-corrected chi connectivity index (χ2v) is 4.36. The fourth-order valence-corrected chi connectivity index (χ4v) is 2.01. The van der Waals surface area contributed by atoms with Crippen LogP contribution in [0.15, 0.2) is 18.2 Å². The molecule has 2 N–H and O–H groups in total. The van der Waals surface area contributed by atoms with Gasteiger partial charge < -0.3 is 5.73 Å². The van der Waals surface area contributed by atoms with Crippen molar-refractivity contribution in [3.8, 4) is 0 Å². The SMILES string of the molecule is CC(C1CC1)C(N)c1c(F)cccc1F. The molecule has 0 heterocycles. The van der Waals surface area contributed by atoms with Crippen LogP contribution in [-0.4, -0.2) is 0 Å². The summed E-state index contributed by atoms with van der Waals surface area (Å²) >= 11 is 0. The molecule has 3 heteroatoms. The summed E-state index contributed by atoms with van der Waals surface area (Å²) in [5.41, 5.74) is 5.94. The van der Waals surface area contributed by atoms with Crippen molar-refractivity contribution in [2.75, 3.05) is 0 Å². The average molecular weight is 211 g/mol. The highest BCUT2D eigenvalue weighted by Crippen LogP contribution is 2.42. The Bertz CT molecular complexity index is 340. The monoisotopic (exact) mass is 211 g/mol. The third-order valence-corrected chi connectivity index (χ3v) is 3.27. The predicted octanol–water partition coefficient (Wildman–Crippen LogP) is 3.01. The molecule has 1 aromatic rings. The van der Waals surface area contributed by atoms with Gasteiger partial charge in [0.1, 0.15) is 11.6 Å². The molecule has 2 unspecified atom stereocenters. The third-order valence-electron chi connectivity index (χ3n) is 3.27. The van der Waals surface area contributed by atoms with Crippen LogP contribution in [0.1, 0.15) is 31.4 Å². The Balaban J connectivity index is 2.27. The Labute approximate surface area is 88.3 Å². The topological polar surface area (TPSA) is 26.0 Å². The molecule has 2 atom stereocenters. The molecule has 82 valence electrons. The van der Waals surface area contributed by atoms with E-state index in [9.17, 15) is 8.78 Å². The van der Waals surface area contributed by atoms with Crippen molar-refractivity contribution in [1.82, 2.24) is 0 Å². The smallest absolute Gasteiger partial charge is 0.130 e. The van der Waals surface area contributed by atoms with Gasteiger partial charge in [-0.2, -0.15) is 0 Å². The molecule has 0 saturated heterocycles. The van der Waals surface area contributed by atoms with Crippen LogP contribution in [0.2, 0.25) is 0 Å². The van der Waals surface area contributed by atoms with Gasteiger partial charge in [-0.3, -0.25) is 0 Å². The van der Waals surface area contributed by atoms with Gasteiger partial charge in [0.15, 0.2) is 0 Å². The highest BCUT2D eigenvalue weighted by atomic mass is 19.1. The van der Waals surface area contributed by atoms with Gasteiger partial charge >= 0.3 is 0 Å². The number of halogens is 2. The van der Waals surface area contributed by atoms with Crippen molar-refractivity contribution in [2.24, 2.45) is 17.6 Å². The van der Waals surface area contributed by atoms with E-state index in [0.29, 0.717) is 5.92 Å². The normalized spacial score (nSPS) is 20.0. The van der Waals surface area contributed by atoms with Gasteiger partial charge in [-0.25, -0.2) is 8.78 Å². The summed E-state index contributed by atoms with van der Waals surface area (Å²) in [6.45, 7) is 1.97. The Kier molecular flexibility index (Phi) is 2.74. The quantitative estimate of drug-likeness (QED) is 0.817. The van der Waals surface area contributed by atoms with Crippen LogP contribution < -0.4 is 5.73 Å². The van der Waals surface area contributed by atoms with Crippen LogP contribution in [0.3, 0.4) is 0 Å². The second kappa shape index (κ2) is 3.89. The van der Waals surface area contributed by atoms with Crippen LogP contribution in [0.4, 0.5) is 8.78 Å². The molecule has 1 aliphatic rings. The molecule has 1 aliphatic carbocycles. The first-order valence-electron chi connectivity index (χ1n) is 5.30. The van der Waals surface area contributed by atoms with Gasteiger partial charge in [-0.15, -0.1) is 0 Å². The third kappa shape index (κ3) is 2.02. The summed E-state index contributed by atoms with van der Waals surface area (Å²) in [6, 6.07) is 3.36. The maximum Gasteiger partial charge on any atom is 0.130 e. The standard InChI is InChI=1S/C12H15F2N/c1-7(8-5-6-8)12(15)11-9(13)3-2-4-10(11)14/h2-4,7-8,12H,5-6,15H2,1H3. The van der Waals surface area contributed by atoms with Gasteiger partial charge in [0.25, 0.3) is 0 Å². The number of hydrogen-bond acceptors (Lipinski definition) is 1. The summed E-state index contributed by atoms with van der Waals surface area (Å²) in [5, 5.41) is 0. The maximum absolute atomic E-state index is 13.4. The van der Waals surface area contributed by atoms with Crippen molar-refractivity contribution in [1.29, 1.82) is 0 Å². The van der Waals surface area contributed by atoms with E-state index in [1.807, 2.05) is 6.92 Å². The van der Waals surface area contributed by atoms with Crippen LogP contribution >= 0.6 is 0 Å². The molecule has 0 bridgehead atoms. The largest absolute Gasteiger partial charge is 0.324 e. The molecule has 2 rings (SSSR count). The predicted molar refractivity (Wildman–Crippen MR) is 55.2 cm³/mol. The zero-order valence-corrected chi connectivity index (χ0v) is 8.71. The van der Waals surface area contributed by atoms with Crippen molar-refractivity contribution in [2.45, 2.75) is 25.8 Å². The van der Waals surface area contributed by atoms with Crippen molar-refractivity contribution < 1.29 is 8.78 Å². The van der Waals surface area contributed by atoms with Crippen LogP contribution in [0.5, 0.6) is 0 Å². The van der Waals surface area contributed by atoms with Gasteiger partial charge in [0.2, 0.25) is 0 Å². The van der Waals surface area contributed by atoms with Crippen LogP contribution in [-0.2, 0) is 0 Å². The van der Waals surface area contributed by atoms with E-state index in [2.05, 4.69) is 0 Å². The Morgan fingerprint density at radius 1 is 1.27 bits per heavy atom. The van der Waals surface area contributed by atoms with Crippen molar-refractivity contribution >= 4 is 0 Å². The van der Waals surface area contributed by atoms with Gasteiger partial charge in [0, 0.05) is 11.6 Å². The Morgan fingerprint density at radius 3 is 2.27 bits per heavy atom. The molecule has 0 spiro atoms. The molecular weight excluding hydrogens is 196 g/mol. The van der Waals surface area contributed by atoms with E-state index in [1.54, 1.807) is 0 Å². The number of benzene rings is 1. The number of hydrogen-bond donors (Lipinski definition) is 1. The number of nitrogens with two attached hydrogens (primary N) is 1. The molecule has 0 amide bonds. The Hall–Kier alpha value is -0.960. The summed E-state index contributed by atoms with van der Waals surface area (Å²) < 4.78 is 26.9. The maximum atomic E-state index is 13.4. The van der Waals surface area contributed by atoms with E-state index in [-0.39, 0.29) is 11.5 Å². The highest BCUT2D eigenvalue weighted by molar-refractivity contribution is 5.24. The lowest BCUT2D eigenvalue weighted by atomic mass is 9.91. The van der Waals surface area contributed by atoms with Crippen LogP contribution in [0.25, 0.3) is 0 Å². The number of rotatable bonds is 3. The Morgan fingerprint density at radius 2 is 1.80 bits per heavy atom. The van der Waals surface area contributed by atoms with Crippen LogP contribution in [0, 0.1) is 23.5 Å². The molecule has 1 nitrogen and oxygen atoms in total. The van der Waals surface area contributed by atoms with E-state index in [4.69, 9.17) is 5.73 Å². The molecule has 1 fully saturated rings. The van der Waals surface area contributed by atoms with Crippen molar-refractivity contribution in [3.63, 3.8) is 0 Å². The summed E-state index contributed by atoms with van der Waals surface area (Å²) in [6.07, 6.45) is 2.26. The first-order chi connectivity index (χ1) is 7.11. The lowest BCUT2D eigenvalue weighted by Crippen LogP contribution is -2.23. The lowest BCUT2D eigenvalue weighted by molar-refractivity contribution is 0.390. The highest BCUT2D eigenvalue weighted by Gasteiger charge is 2.34. The second-order valence-electron chi connectivity index (χ2n) is 4.36. The van der Waals surface area contributed by atoms with E-state index in [1.165, 1.54) is 18.2 Å². The van der Waals surface area contributed by atoms with E-state index < -0.39 is 17.7 Å². The van der Waals surface area contributed by atoms with Crippen molar-refractivity contribution in [3.05, 3.63) is 35.4 Å². The zero-order chi connectivity index (χ0) is 11.0. The molecule has 0 aromatic heterocycles. The lowest BCUT2D eigenvalue weighted by Gasteiger charge is -2.20. The molecule has 0 radical (unpaired) electrons. The first kappa shape index (κ1) is 10.6. The zero-order valence-electron chi connectivity index (χ0n) is 8.71. The summed E-state index contributed by atoms with van der Waals surface area (Å²) in [4.78, 5) is 0. The minimum Gasteiger partial charge on any atom is -0.324 e. The fraction of sp³-hybridized carbons (Fsp3) is 0.500. The minimum atomic E-state index is -0.532. The molecule has 1 aromatic carbocycles. The summed E-state index contributed by atoms with van der Waals surface area (Å²) in [5.74, 6) is -0.375. The molecular formula is C12H15F2N. The van der Waals surface area contributed by atoms with Gasteiger partial charge in [-0.1, -0.05) is 13.0 Å². The first-order valence-corrected chi connectivity index (χ1v) is 5.30.